The Morgan fingerprint density at radius 1 is 1.17 bits per heavy atom. The molecule has 0 spiro atoms. The van der Waals surface area contributed by atoms with Gasteiger partial charge in [-0.3, -0.25) is 4.79 Å². The van der Waals surface area contributed by atoms with Crippen molar-refractivity contribution >= 4 is 12.0 Å². The Morgan fingerprint density at radius 3 is 2.43 bits per heavy atom. The van der Waals surface area contributed by atoms with Crippen LogP contribution in [0.1, 0.15) is 33.6 Å². The molecule has 1 aromatic rings. The number of nitrogens with one attached hydrogen (secondary N) is 1. The third-order valence-corrected chi connectivity index (χ3v) is 4.76. The molecule has 1 aliphatic heterocycles. The van der Waals surface area contributed by atoms with Crippen molar-refractivity contribution < 1.29 is 37.0 Å². The summed E-state index contributed by atoms with van der Waals surface area (Å²) in [5.74, 6) is -1.47. The molecule has 0 bridgehead atoms. The zero-order valence-electron chi connectivity index (χ0n) is 17.0. The predicted molar refractivity (Wildman–Crippen MR) is 99.9 cm³/mol. The number of carbonyl (C=O) groups is 2. The Labute approximate surface area is 172 Å². The minimum absolute atomic E-state index is 0.119. The van der Waals surface area contributed by atoms with Crippen LogP contribution >= 0.6 is 0 Å². The molecule has 3 rings (SSSR count). The molecule has 2 amide bonds. The van der Waals surface area contributed by atoms with E-state index in [0.29, 0.717) is 25.9 Å². The van der Waals surface area contributed by atoms with Crippen molar-refractivity contribution in [1.82, 2.24) is 10.2 Å². The van der Waals surface area contributed by atoms with Gasteiger partial charge in [-0.25, -0.2) is 9.18 Å². The van der Waals surface area contributed by atoms with Crippen LogP contribution in [0.4, 0.5) is 18.0 Å². The Hall–Kier alpha value is -2.65. The number of amides is 2. The van der Waals surface area contributed by atoms with Crippen molar-refractivity contribution in [1.29, 1.82) is 0 Å². The molecule has 1 aliphatic carbocycles. The van der Waals surface area contributed by atoms with Gasteiger partial charge in [0.05, 0.1) is 6.04 Å². The zero-order chi connectivity index (χ0) is 22.1. The van der Waals surface area contributed by atoms with Crippen LogP contribution in [-0.4, -0.2) is 54.3 Å². The van der Waals surface area contributed by atoms with E-state index in [1.807, 2.05) is 0 Å². The topological polar surface area (TPSA) is 77.1 Å². The molecule has 0 unspecified atom stereocenters. The van der Waals surface area contributed by atoms with Crippen LogP contribution in [0.25, 0.3) is 0 Å². The second-order valence-corrected chi connectivity index (χ2v) is 8.47. The first kappa shape index (κ1) is 22.0. The first-order valence-corrected chi connectivity index (χ1v) is 9.69. The Bertz CT molecular complexity index is 787. The van der Waals surface area contributed by atoms with Crippen LogP contribution in [0.15, 0.2) is 18.2 Å². The third-order valence-electron chi connectivity index (χ3n) is 4.76. The van der Waals surface area contributed by atoms with Crippen LogP contribution in [0.2, 0.25) is 0 Å². The van der Waals surface area contributed by atoms with Crippen molar-refractivity contribution in [2.24, 2.45) is 5.92 Å². The van der Waals surface area contributed by atoms with Gasteiger partial charge in [0.2, 0.25) is 5.91 Å². The van der Waals surface area contributed by atoms with Gasteiger partial charge < -0.3 is 24.4 Å². The number of halogens is 3. The van der Waals surface area contributed by atoms with Crippen molar-refractivity contribution in [3.63, 3.8) is 0 Å². The molecule has 1 saturated carbocycles. The van der Waals surface area contributed by atoms with Gasteiger partial charge in [0, 0.05) is 25.1 Å². The highest BCUT2D eigenvalue weighted by Crippen LogP contribution is 2.36. The monoisotopic (exact) mass is 430 g/mol. The van der Waals surface area contributed by atoms with Crippen molar-refractivity contribution in [3.05, 3.63) is 24.0 Å². The number of alkyl halides is 2. The van der Waals surface area contributed by atoms with E-state index in [0.717, 1.165) is 18.2 Å². The Kier molecular flexibility index (Phi) is 6.33. The minimum Gasteiger partial charge on any atom is -0.486 e. The molecular weight excluding hydrogens is 405 g/mol. The van der Waals surface area contributed by atoms with Gasteiger partial charge >= 0.3 is 12.7 Å². The number of rotatable bonds is 6. The summed E-state index contributed by atoms with van der Waals surface area (Å²) in [6.07, 6.45) is -0.0676. The van der Waals surface area contributed by atoms with Gasteiger partial charge in [0.15, 0.2) is 11.5 Å². The van der Waals surface area contributed by atoms with Crippen molar-refractivity contribution in [3.8, 4) is 11.5 Å². The molecule has 166 valence electrons. The zero-order valence-corrected chi connectivity index (χ0v) is 17.0. The van der Waals surface area contributed by atoms with Gasteiger partial charge in [-0.2, -0.15) is 8.78 Å². The number of likely N-dealkylation sites (tertiary alicyclic amines) is 1. The summed E-state index contributed by atoms with van der Waals surface area (Å²) in [5, 5.41) is 2.87. The first-order valence-electron chi connectivity index (χ1n) is 9.69. The van der Waals surface area contributed by atoms with Crippen LogP contribution in [0.3, 0.4) is 0 Å². The average molecular weight is 430 g/mol. The van der Waals surface area contributed by atoms with Crippen LogP contribution < -0.4 is 14.8 Å². The van der Waals surface area contributed by atoms with Gasteiger partial charge in [0.1, 0.15) is 17.5 Å². The van der Waals surface area contributed by atoms with Crippen LogP contribution in [0.5, 0.6) is 11.5 Å². The van der Waals surface area contributed by atoms with E-state index in [9.17, 15) is 22.8 Å². The maximum atomic E-state index is 13.4. The summed E-state index contributed by atoms with van der Waals surface area (Å²) < 4.78 is 53.5. The van der Waals surface area contributed by atoms with E-state index in [1.165, 1.54) is 4.90 Å². The van der Waals surface area contributed by atoms with Crippen molar-refractivity contribution in [2.75, 3.05) is 13.1 Å². The molecule has 0 aromatic heterocycles. The number of nitrogens with zero attached hydrogens (tertiary/aromatic N) is 1. The molecule has 30 heavy (non-hydrogen) atoms. The summed E-state index contributed by atoms with van der Waals surface area (Å²) in [6, 6.07) is 2.91. The minimum atomic E-state index is -3.06. The molecule has 0 atom stereocenters. The number of hydrogen-bond acceptors (Lipinski definition) is 5. The highest BCUT2D eigenvalue weighted by molar-refractivity contribution is 5.80. The molecule has 1 heterocycles. The standard InChI is InChI=1S/C20H25F3N2O5/c1-20(2,3)30-19(27)25-9-13(10-25)24-17(26)11-6-14(7-11)28-16-8-12(21)4-5-15(16)29-18(22)23/h4-5,8,11,13-14,18H,6-7,9-10H2,1-3H3,(H,24,26). The number of benzene rings is 1. The highest BCUT2D eigenvalue weighted by Gasteiger charge is 2.40. The molecular formula is C20H25F3N2O5. The molecule has 7 nitrogen and oxygen atoms in total. The summed E-state index contributed by atoms with van der Waals surface area (Å²) in [6.45, 7) is 3.05. The van der Waals surface area contributed by atoms with Crippen LogP contribution in [0, 0.1) is 11.7 Å². The quantitative estimate of drug-likeness (QED) is 0.749. The van der Waals surface area contributed by atoms with E-state index in [-0.39, 0.29) is 29.4 Å². The van der Waals surface area contributed by atoms with E-state index < -0.39 is 30.2 Å². The largest absolute Gasteiger partial charge is 0.486 e. The lowest BCUT2D eigenvalue weighted by Crippen LogP contribution is -2.62. The smallest absolute Gasteiger partial charge is 0.410 e. The number of hydrogen-bond donors (Lipinski definition) is 1. The molecule has 2 fully saturated rings. The van der Waals surface area contributed by atoms with Gasteiger partial charge in [-0.15, -0.1) is 0 Å². The van der Waals surface area contributed by atoms with Crippen LogP contribution in [-0.2, 0) is 9.53 Å². The molecule has 0 radical (unpaired) electrons. The van der Waals surface area contributed by atoms with Gasteiger partial charge in [-0.1, -0.05) is 0 Å². The molecule has 2 aliphatic rings. The molecule has 1 saturated heterocycles. The first-order chi connectivity index (χ1) is 14.0. The Morgan fingerprint density at radius 2 is 1.83 bits per heavy atom. The lowest BCUT2D eigenvalue weighted by Gasteiger charge is -2.42. The van der Waals surface area contributed by atoms with E-state index in [1.54, 1.807) is 20.8 Å². The second kappa shape index (κ2) is 8.61. The fourth-order valence-corrected chi connectivity index (χ4v) is 3.19. The van der Waals surface area contributed by atoms with E-state index >= 15 is 0 Å². The average Bonchev–Trinajstić information content (AvgIpc) is 2.53. The van der Waals surface area contributed by atoms with E-state index in [4.69, 9.17) is 9.47 Å². The highest BCUT2D eigenvalue weighted by atomic mass is 19.3. The number of carbonyl (C=O) groups excluding carboxylic acids is 2. The lowest BCUT2D eigenvalue weighted by atomic mass is 9.81. The fraction of sp³-hybridized carbons (Fsp3) is 0.600. The van der Waals surface area contributed by atoms with E-state index in [2.05, 4.69) is 10.1 Å². The van der Waals surface area contributed by atoms with Crippen molar-refractivity contribution in [2.45, 2.75) is 58.0 Å². The van der Waals surface area contributed by atoms with Gasteiger partial charge in [0.25, 0.3) is 0 Å². The maximum Gasteiger partial charge on any atom is 0.410 e. The van der Waals surface area contributed by atoms with Gasteiger partial charge in [-0.05, 0) is 45.7 Å². The lowest BCUT2D eigenvalue weighted by molar-refractivity contribution is -0.132. The summed E-state index contributed by atoms with van der Waals surface area (Å²) in [5.41, 5.74) is -0.575. The maximum absolute atomic E-state index is 13.4. The SMILES string of the molecule is CC(C)(C)OC(=O)N1CC(NC(=O)C2CC(Oc3cc(F)ccc3OC(F)F)C2)C1. The summed E-state index contributed by atoms with van der Waals surface area (Å²) in [4.78, 5) is 25.7. The Balaban J connectivity index is 1.41. The molecule has 10 heteroatoms. The molecule has 1 N–H and O–H groups in total. The fourth-order valence-electron chi connectivity index (χ4n) is 3.19. The molecule has 1 aromatic carbocycles. The third kappa shape index (κ3) is 5.70. The predicted octanol–water partition coefficient (Wildman–Crippen LogP) is 3.32. The second-order valence-electron chi connectivity index (χ2n) is 8.47. The summed E-state index contributed by atoms with van der Waals surface area (Å²) >= 11 is 0. The summed E-state index contributed by atoms with van der Waals surface area (Å²) in [7, 11) is 0. The number of ether oxygens (including phenoxy) is 3. The normalized spacial score (nSPS) is 21.5.